The first kappa shape index (κ1) is 23.3. The molecular weight excluding hydrogens is 453 g/mol. The highest BCUT2D eigenvalue weighted by atomic mass is 32.1. The molecule has 0 radical (unpaired) electrons. The Balaban J connectivity index is 1.71. The van der Waals surface area contributed by atoms with Gasteiger partial charge in [0.2, 0.25) is 5.95 Å². The van der Waals surface area contributed by atoms with E-state index in [9.17, 15) is 9.18 Å². The van der Waals surface area contributed by atoms with E-state index >= 15 is 0 Å². The van der Waals surface area contributed by atoms with Crippen LogP contribution < -0.4 is 11.1 Å². The number of hydrogen-bond donors (Lipinski definition) is 2. The molecule has 0 aliphatic rings. The number of esters is 1. The summed E-state index contributed by atoms with van der Waals surface area (Å²) in [5, 5.41) is 3.91. The molecule has 0 bridgehead atoms. The number of hydrogen-bond acceptors (Lipinski definition) is 8. The molecule has 4 aromatic rings. The zero-order valence-electron chi connectivity index (χ0n) is 18.8. The highest BCUT2D eigenvalue weighted by molar-refractivity contribution is 7.18. The second-order valence-electron chi connectivity index (χ2n) is 7.80. The lowest BCUT2D eigenvalue weighted by Crippen LogP contribution is -2.17. The Morgan fingerprint density at radius 3 is 2.71 bits per heavy atom. The van der Waals surface area contributed by atoms with Gasteiger partial charge in [-0.15, -0.1) is 11.3 Å². The van der Waals surface area contributed by atoms with Crippen molar-refractivity contribution in [2.75, 3.05) is 24.7 Å². The van der Waals surface area contributed by atoms with E-state index in [2.05, 4.69) is 15.3 Å². The fraction of sp³-hybridized carbons (Fsp3) is 0.200. The van der Waals surface area contributed by atoms with E-state index < -0.39 is 5.82 Å². The van der Waals surface area contributed by atoms with Crippen LogP contribution in [-0.2, 0) is 9.53 Å². The van der Waals surface area contributed by atoms with Gasteiger partial charge in [0.25, 0.3) is 0 Å². The summed E-state index contributed by atoms with van der Waals surface area (Å²) in [5.41, 5.74) is 8.20. The van der Waals surface area contributed by atoms with Crippen LogP contribution in [0.4, 0.5) is 16.0 Å². The third-order valence-electron chi connectivity index (χ3n) is 5.17. The lowest BCUT2D eigenvalue weighted by atomic mass is 10.1. The Kier molecular flexibility index (Phi) is 7.12. The van der Waals surface area contributed by atoms with Gasteiger partial charge in [-0.2, -0.15) is 0 Å². The molecule has 0 saturated carbocycles. The van der Waals surface area contributed by atoms with Crippen LogP contribution in [0.25, 0.3) is 32.4 Å². The smallest absolute Gasteiger partial charge is 0.305 e. The fourth-order valence-electron chi connectivity index (χ4n) is 3.39. The Morgan fingerprint density at radius 2 is 1.94 bits per heavy atom. The molecule has 1 atom stereocenters. The van der Waals surface area contributed by atoms with E-state index in [1.54, 1.807) is 24.4 Å². The first-order valence-corrected chi connectivity index (χ1v) is 11.5. The van der Waals surface area contributed by atoms with Crippen LogP contribution in [0.15, 0.2) is 60.8 Å². The molecule has 0 saturated heterocycles. The van der Waals surface area contributed by atoms with Gasteiger partial charge in [0, 0.05) is 30.3 Å². The monoisotopic (exact) mass is 477 g/mol. The number of thiazole rings is 1. The molecule has 0 amide bonds. The minimum absolute atomic E-state index is 0.0322. The summed E-state index contributed by atoms with van der Waals surface area (Å²) < 4.78 is 19.7. The van der Waals surface area contributed by atoms with Gasteiger partial charge in [0.15, 0.2) is 5.82 Å². The molecule has 34 heavy (non-hydrogen) atoms. The van der Waals surface area contributed by atoms with Crippen molar-refractivity contribution in [2.24, 2.45) is 5.92 Å². The summed E-state index contributed by atoms with van der Waals surface area (Å²) in [4.78, 5) is 25.9. The summed E-state index contributed by atoms with van der Waals surface area (Å²) in [5.74, 6) is -0.346. The largest absolute Gasteiger partial charge is 0.469 e. The van der Waals surface area contributed by atoms with Crippen molar-refractivity contribution in [3.8, 4) is 32.4 Å². The predicted molar refractivity (Wildman–Crippen MR) is 133 cm³/mol. The number of anilines is 2. The second-order valence-corrected chi connectivity index (χ2v) is 8.80. The number of carbonyl (C=O) groups is 1. The number of benzene rings is 2. The molecule has 0 aliphatic carbocycles. The number of methoxy groups -OCH3 is 1. The normalized spacial score (nSPS) is 11.7. The van der Waals surface area contributed by atoms with Gasteiger partial charge in [-0.25, -0.2) is 19.3 Å². The second kappa shape index (κ2) is 10.4. The Morgan fingerprint density at radius 1 is 1.15 bits per heavy atom. The van der Waals surface area contributed by atoms with Gasteiger partial charge >= 0.3 is 5.97 Å². The van der Waals surface area contributed by atoms with Crippen LogP contribution in [0.3, 0.4) is 0 Å². The van der Waals surface area contributed by atoms with Gasteiger partial charge in [0.05, 0.1) is 29.1 Å². The fourth-order valence-corrected chi connectivity index (χ4v) is 4.44. The van der Waals surface area contributed by atoms with E-state index in [1.165, 1.54) is 24.5 Å². The summed E-state index contributed by atoms with van der Waals surface area (Å²) in [7, 11) is 1.37. The van der Waals surface area contributed by atoms with Crippen LogP contribution in [0, 0.1) is 11.7 Å². The minimum Gasteiger partial charge on any atom is -0.469 e. The zero-order chi connectivity index (χ0) is 24.1. The number of halogens is 1. The van der Waals surface area contributed by atoms with Crippen LogP contribution in [0.2, 0.25) is 0 Å². The van der Waals surface area contributed by atoms with E-state index in [4.69, 9.17) is 15.5 Å². The van der Waals surface area contributed by atoms with Crippen molar-refractivity contribution >= 4 is 28.9 Å². The van der Waals surface area contributed by atoms with Crippen molar-refractivity contribution in [1.29, 1.82) is 0 Å². The molecule has 0 aliphatic heterocycles. The van der Waals surface area contributed by atoms with Crippen LogP contribution in [0.5, 0.6) is 0 Å². The van der Waals surface area contributed by atoms with E-state index in [0.717, 1.165) is 10.6 Å². The Hall–Kier alpha value is -3.85. The van der Waals surface area contributed by atoms with Crippen LogP contribution in [0.1, 0.15) is 13.3 Å². The van der Waals surface area contributed by atoms with Gasteiger partial charge in [0.1, 0.15) is 5.01 Å². The first-order chi connectivity index (χ1) is 16.5. The number of ether oxygens (including phenoxy) is 1. The summed E-state index contributed by atoms with van der Waals surface area (Å²) in [6.07, 6.45) is 1.92. The maximum atomic E-state index is 15.0. The van der Waals surface area contributed by atoms with Crippen molar-refractivity contribution in [3.63, 3.8) is 0 Å². The average molecular weight is 478 g/mol. The molecule has 7 nitrogen and oxygen atoms in total. The summed E-state index contributed by atoms with van der Waals surface area (Å²) in [6, 6.07) is 16.3. The van der Waals surface area contributed by atoms with Crippen LogP contribution in [-0.4, -0.2) is 34.6 Å². The molecule has 4 rings (SSSR count). The highest BCUT2D eigenvalue weighted by Crippen LogP contribution is 2.41. The van der Waals surface area contributed by atoms with Gasteiger partial charge in [-0.1, -0.05) is 43.3 Å². The number of nitrogens with two attached hydrogens (primary N) is 1. The summed E-state index contributed by atoms with van der Waals surface area (Å²) in [6.45, 7) is 2.43. The quantitative estimate of drug-likeness (QED) is 0.263. The Bertz CT molecular complexity index is 1300. The predicted octanol–water partition coefficient (Wildman–Crippen LogP) is 5.27. The molecule has 2 heterocycles. The topological polar surface area (TPSA) is 103 Å². The van der Waals surface area contributed by atoms with Crippen LogP contribution >= 0.6 is 11.3 Å². The maximum Gasteiger partial charge on any atom is 0.305 e. The van der Waals surface area contributed by atoms with Gasteiger partial charge < -0.3 is 15.8 Å². The van der Waals surface area contributed by atoms with E-state index in [-0.39, 0.29) is 24.0 Å². The van der Waals surface area contributed by atoms with Gasteiger partial charge in [-0.3, -0.25) is 4.79 Å². The Labute approximate surface area is 200 Å². The van der Waals surface area contributed by atoms with Crippen molar-refractivity contribution in [3.05, 3.63) is 66.6 Å². The van der Waals surface area contributed by atoms with Crippen molar-refractivity contribution in [1.82, 2.24) is 15.0 Å². The molecule has 2 aromatic carbocycles. The number of nitrogens with one attached hydrogen (secondary N) is 1. The lowest BCUT2D eigenvalue weighted by molar-refractivity contribution is -0.141. The summed E-state index contributed by atoms with van der Waals surface area (Å²) >= 11 is 1.42. The molecule has 0 unspecified atom stereocenters. The zero-order valence-corrected chi connectivity index (χ0v) is 19.6. The third-order valence-corrected chi connectivity index (χ3v) is 6.30. The van der Waals surface area contributed by atoms with E-state index in [1.807, 2.05) is 37.3 Å². The average Bonchev–Trinajstić information content (AvgIpc) is 3.30. The number of carbonyl (C=O) groups excluding carboxylic acids is 1. The van der Waals surface area contributed by atoms with Gasteiger partial charge in [-0.05, 0) is 24.1 Å². The van der Waals surface area contributed by atoms with Crippen molar-refractivity contribution < 1.29 is 13.9 Å². The standard InChI is InChI=1S/C25H24FN5O2S/c1-15(13-20(32)33-2)14-29-25-28-12-11-19(30-25)23-22(17-9-6-10-18(27)21(17)26)31-24(34-23)16-7-4-3-5-8-16/h3-12,15H,13-14,27H2,1-2H3,(H,28,29,30)/t15-/m1/s1. The molecule has 174 valence electrons. The molecule has 3 N–H and O–H groups in total. The molecule has 0 spiro atoms. The lowest BCUT2D eigenvalue weighted by Gasteiger charge is -2.12. The number of nitrogen functional groups attached to an aromatic ring is 1. The molecule has 2 aromatic heterocycles. The first-order valence-electron chi connectivity index (χ1n) is 10.7. The number of rotatable bonds is 8. The number of aromatic nitrogens is 3. The molecule has 0 fully saturated rings. The maximum absolute atomic E-state index is 15.0. The minimum atomic E-state index is -0.516. The number of nitrogens with zero attached hydrogens (tertiary/aromatic N) is 3. The third kappa shape index (κ3) is 5.20. The van der Waals surface area contributed by atoms with Crippen molar-refractivity contribution in [2.45, 2.75) is 13.3 Å². The highest BCUT2D eigenvalue weighted by Gasteiger charge is 2.21. The molecule has 9 heteroatoms. The molecular formula is C25H24FN5O2S. The SMILES string of the molecule is COC(=O)C[C@@H](C)CNc1nccc(-c2sc(-c3ccccc3)nc2-c2cccc(N)c2F)n1. The van der Waals surface area contributed by atoms with E-state index in [0.29, 0.717) is 34.3 Å².